The minimum atomic E-state index is -0.457. The predicted octanol–water partition coefficient (Wildman–Crippen LogP) is 2.58. The second kappa shape index (κ2) is 8.14. The maximum Gasteiger partial charge on any atom is 0.323 e. The number of rotatable bonds is 6. The van der Waals surface area contributed by atoms with E-state index in [1.165, 1.54) is 0 Å². The molecular formula is C15H21BrN2O3. The van der Waals surface area contributed by atoms with Crippen molar-refractivity contribution in [2.24, 2.45) is 0 Å². The van der Waals surface area contributed by atoms with E-state index < -0.39 is 6.04 Å². The Morgan fingerprint density at radius 1 is 1.43 bits per heavy atom. The Kier molecular flexibility index (Phi) is 6.84. The minimum absolute atomic E-state index is 0.121. The number of hydrogen-bond donors (Lipinski definition) is 1. The van der Waals surface area contributed by atoms with Crippen molar-refractivity contribution in [3.63, 3.8) is 0 Å². The standard InChI is InChI=1S/C15H21BrN2O3/c1-5-21-15(20)11(3)18(4)9-14(19)17-13-7-6-12(16)8-10(13)2/h6-8,11H,5,9H2,1-4H3,(H,17,19). The van der Waals surface area contributed by atoms with E-state index in [1.807, 2.05) is 25.1 Å². The number of carbonyl (C=O) groups is 2. The number of halogens is 1. The summed E-state index contributed by atoms with van der Waals surface area (Å²) in [6.07, 6.45) is 0. The molecule has 0 fully saturated rings. The molecule has 0 heterocycles. The Bertz CT molecular complexity index is 520. The molecule has 0 aliphatic carbocycles. The summed E-state index contributed by atoms with van der Waals surface area (Å²) in [5.74, 6) is -0.494. The lowest BCUT2D eigenvalue weighted by Crippen LogP contribution is -2.41. The Balaban J connectivity index is 2.58. The van der Waals surface area contributed by atoms with Crippen LogP contribution in [0.5, 0.6) is 0 Å². The van der Waals surface area contributed by atoms with E-state index in [-0.39, 0.29) is 18.4 Å². The van der Waals surface area contributed by atoms with E-state index in [4.69, 9.17) is 4.74 Å². The highest BCUT2D eigenvalue weighted by Gasteiger charge is 2.21. The third-order valence-corrected chi connectivity index (χ3v) is 3.64. The second-order valence-electron chi connectivity index (χ2n) is 4.85. The van der Waals surface area contributed by atoms with E-state index in [2.05, 4.69) is 21.2 Å². The van der Waals surface area contributed by atoms with Gasteiger partial charge in [-0.25, -0.2) is 0 Å². The number of aryl methyl sites for hydroxylation is 1. The van der Waals surface area contributed by atoms with E-state index in [9.17, 15) is 9.59 Å². The molecule has 0 aromatic heterocycles. The maximum atomic E-state index is 12.0. The monoisotopic (exact) mass is 356 g/mol. The molecule has 1 rings (SSSR count). The zero-order valence-electron chi connectivity index (χ0n) is 12.8. The topological polar surface area (TPSA) is 58.6 Å². The van der Waals surface area contributed by atoms with Gasteiger partial charge in [0.25, 0.3) is 0 Å². The molecule has 116 valence electrons. The van der Waals surface area contributed by atoms with Gasteiger partial charge in [-0.05, 0) is 51.6 Å². The summed E-state index contributed by atoms with van der Waals surface area (Å²) in [4.78, 5) is 25.3. The molecule has 0 aliphatic rings. The van der Waals surface area contributed by atoms with Gasteiger partial charge in [-0.2, -0.15) is 0 Å². The lowest BCUT2D eigenvalue weighted by molar-refractivity contribution is -0.148. The Morgan fingerprint density at radius 2 is 2.10 bits per heavy atom. The fraction of sp³-hybridized carbons (Fsp3) is 0.467. The molecule has 0 saturated carbocycles. The molecule has 1 amide bonds. The fourth-order valence-electron chi connectivity index (χ4n) is 1.76. The molecule has 1 atom stereocenters. The van der Waals surface area contributed by atoms with E-state index >= 15 is 0 Å². The largest absolute Gasteiger partial charge is 0.465 e. The molecule has 0 saturated heterocycles. The quantitative estimate of drug-likeness (QED) is 0.795. The summed E-state index contributed by atoms with van der Waals surface area (Å²) in [6, 6.07) is 5.18. The van der Waals surface area contributed by atoms with Gasteiger partial charge in [0.1, 0.15) is 6.04 Å². The Labute approximate surface area is 133 Å². The number of ether oxygens (including phenoxy) is 1. The van der Waals surface area contributed by atoms with Crippen molar-refractivity contribution in [3.05, 3.63) is 28.2 Å². The molecular weight excluding hydrogens is 336 g/mol. The van der Waals surface area contributed by atoms with Crippen molar-refractivity contribution in [2.45, 2.75) is 26.8 Å². The Hall–Kier alpha value is -1.40. The van der Waals surface area contributed by atoms with Crippen LogP contribution in [0.4, 0.5) is 5.69 Å². The number of nitrogens with one attached hydrogen (secondary N) is 1. The van der Waals surface area contributed by atoms with Crippen molar-refractivity contribution < 1.29 is 14.3 Å². The number of carbonyl (C=O) groups excluding carboxylic acids is 2. The zero-order chi connectivity index (χ0) is 16.0. The van der Waals surface area contributed by atoms with Gasteiger partial charge in [0, 0.05) is 10.2 Å². The van der Waals surface area contributed by atoms with Crippen LogP contribution in [0, 0.1) is 6.92 Å². The van der Waals surface area contributed by atoms with Gasteiger partial charge in [-0.15, -0.1) is 0 Å². The van der Waals surface area contributed by atoms with Crippen LogP contribution in [-0.4, -0.2) is 43.0 Å². The van der Waals surface area contributed by atoms with Crippen LogP contribution in [0.3, 0.4) is 0 Å². The lowest BCUT2D eigenvalue weighted by Gasteiger charge is -2.22. The summed E-state index contributed by atoms with van der Waals surface area (Å²) in [7, 11) is 1.72. The highest BCUT2D eigenvalue weighted by molar-refractivity contribution is 9.10. The Morgan fingerprint density at radius 3 is 2.67 bits per heavy atom. The fourth-order valence-corrected chi connectivity index (χ4v) is 2.24. The molecule has 1 N–H and O–H groups in total. The third kappa shape index (κ3) is 5.47. The van der Waals surface area contributed by atoms with Crippen LogP contribution in [0.25, 0.3) is 0 Å². The number of amides is 1. The molecule has 1 aromatic carbocycles. The van der Waals surface area contributed by atoms with Crippen LogP contribution in [0.1, 0.15) is 19.4 Å². The van der Waals surface area contributed by atoms with Crippen LogP contribution < -0.4 is 5.32 Å². The number of likely N-dealkylation sites (N-methyl/N-ethyl adjacent to an activating group) is 1. The van der Waals surface area contributed by atoms with E-state index in [0.717, 1.165) is 15.7 Å². The van der Waals surface area contributed by atoms with Crippen molar-refractivity contribution in [1.29, 1.82) is 0 Å². The van der Waals surface area contributed by atoms with Crippen molar-refractivity contribution >= 4 is 33.5 Å². The maximum absolute atomic E-state index is 12.0. The van der Waals surface area contributed by atoms with Gasteiger partial charge in [0.15, 0.2) is 0 Å². The average Bonchev–Trinajstić information content (AvgIpc) is 2.41. The number of benzene rings is 1. The van der Waals surface area contributed by atoms with Gasteiger partial charge < -0.3 is 10.1 Å². The summed E-state index contributed by atoms with van der Waals surface area (Å²) in [5.41, 5.74) is 1.74. The molecule has 0 aliphatic heterocycles. The van der Waals surface area contributed by atoms with Crippen molar-refractivity contribution in [1.82, 2.24) is 4.90 Å². The molecule has 0 bridgehead atoms. The third-order valence-electron chi connectivity index (χ3n) is 3.14. The molecule has 6 heteroatoms. The summed E-state index contributed by atoms with van der Waals surface area (Å²) in [5, 5.41) is 2.84. The smallest absolute Gasteiger partial charge is 0.323 e. The van der Waals surface area contributed by atoms with Crippen molar-refractivity contribution in [2.75, 3.05) is 25.5 Å². The van der Waals surface area contributed by atoms with Crippen LogP contribution in [-0.2, 0) is 14.3 Å². The number of esters is 1. The highest BCUT2D eigenvalue weighted by atomic mass is 79.9. The van der Waals surface area contributed by atoms with Gasteiger partial charge in [-0.1, -0.05) is 15.9 Å². The first-order valence-corrected chi connectivity index (χ1v) is 7.57. The molecule has 21 heavy (non-hydrogen) atoms. The van der Waals surface area contributed by atoms with Gasteiger partial charge in [0.2, 0.25) is 5.91 Å². The van der Waals surface area contributed by atoms with Crippen LogP contribution in [0.2, 0.25) is 0 Å². The van der Waals surface area contributed by atoms with Crippen LogP contribution >= 0.6 is 15.9 Å². The highest BCUT2D eigenvalue weighted by Crippen LogP contribution is 2.19. The van der Waals surface area contributed by atoms with Gasteiger partial charge in [0.05, 0.1) is 13.2 Å². The van der Waals surface area contributed by atoms with E-state index in [0.29, 0.717) is 6.61 Å². The molecule has 0 radical (unpaired) electrons. The minimum Gasteiger partial charge on any atom is -0.465 e. The summed E-state index contributed by atoms with van der Waals surface area (Å²) < 4.78 is 5.90. The number of hydrogen-bond acceptors (Lipinski definition) is 4. The normalized spacial score (nSPS) is 12.1. The second-order valence-corrected chi connectivity index (χ2v) is 5.77. The van der Waals surface area contributed by atoms with Gasteiger partial charge in [-0.3, -0.25) is 14.5 Å². The first-order valence-electron chi connectivity index (χ1n) is 6.78. The number of anilines is 1. The molecule has 1 aromatic rings. The summed E-state index contributed by atoms with van der Waals surface area (Å²) in [6.45, 7) is 5.85. The molecule has 0 spiro atoms. The summed E-state index contributed by atoms with van der Waals surface area (Å²) >= 11 is 3.38. The molecule has 5 nitrogen and oxygen atoms in total. The van der Waals surface area contributed by atoms with Gasteiger partial charge >= 0.3 is 5.97 Å². The zero-order valence-corrected chi connectivity index (χ0v) is 14.4. The van der Waals surface area contributed by atoms with E-state index in [1.54, 1.807) is 25.8 Å². The SMILES string of the molecule is CCOC(=O)C(C)N(C)CC(=O)Nc1ccc(Br)cc1C. The lowest BCUT2D eigenvalue weighted by atomic mass is 10.2. The van der Waals surface area contributed by atoms with Crippen LogP contribution in [0.15, 0.2) is 22.7 Å². The molecule has 1 unspecified atom stereocenters. The predicted molar refractivity (Wildman–Crippen MR) is 86.2 cm³/mol. The average molecular weight is 357 g/mol. The number of nitrogens with zero attached hydrogens (tertiary/aromatic N) is 1. The van der Waals surface area contributed by atoms with Crippen molar-refractivity contribution in [3.8, 4) is 0 Å². The first-order chi connectivity index (χ1) is 9.85. The first kappa shape index (κ1) is 17.7.